The zero-order valence-corrected chi connectivity index (χ0v) is 15.0. The van der Waals surface area contributed by atoms with Gasteiger partial charge in [0.1, 0.15) is 0 Å². The number of urea groups is 1. The van der Waals surface area contributed by atoms with Crippen LogP contribution in [0.4, 0.5) is 10.5 Å². The highest BCUT2D eigenvalue weighted by Gasteiger charge is 2.29. The quantitative estimate of drug-likeness (QED) is 0.624. The Morgan fingerprint density at radius 3 is 2.85 bits per heavy atom. The van der Waals surface area contributed by atoms with E-state index >= 15 is 0 Å². The number of imidazole rings is 1. The molecule has 27 heavy (non-hydrogen) atoms. The molecular formula is C18H17ClN6O2. The molecule has 1 fully saturated rings. The Morgan fingerprint density at radius 1 is 1.26 bits per heavy atom. The molecule has 1 atom stereocenters. The smallest absolute Gasteiger partial charge is 0.321 e. The van der Waals surface area contributed by atoms with Crippen LogP contribution in [0.1, 0.15) is 17.2 Å². The summed E-state index contributed by atoms with van der Waals surface area (Å²) in [4.78, 5) is 27.8. The molecule has 4 rings (SSSR count). The minimum Gasteiger partial charge on any atom is -0.382 e. The largest absolute Gasteiger partial charge is 0.382 e. The van der Waals surface area contributed by atoms with Crippen molar-refractivity contribution in [2.24, 2.45) is 0 Å². The van der Waals surface area contributed by atoms with Crippen molar-refractivity contribution in [3.8, 4) is 0 Å². The first-order valence-electron chi connectivity index (χ1n) is 8.51. The van der Waals surface area contributed by atoms with Crippen LogP contribution in [0.15, 0.2) is 42.7 Å². The maximum Gasteiger partial charge on any atom is 0.321 e. The Hall–Kier alpha value is -3.13. The van der Waals surface area contributed by atoms with Crippen molar-refractivity contribution >= 4 is 34.9 Å². The molecular weight excluding hydrogens is 368 g/mol. The summed E-state index contributed by atoms with van der Waals surface area (Å²) in [6.45, 7) is 0.892. The van der Waals surface area contributed by atoms with E-state index in [-0.39, 0.29) is 12.5 Å². The fourth-order valence-electron chi connectivity index (χ4n) is 3.00. The molecule has 1 aliphatic heterocycles. The average Bonchev–Trinajstić information content (AvgIpc) is 3.12. The molecule has 0 bridgehead atoms. The van der Waals surface area contributed by atoms with Gasteiger partial charge in [0, 0.05) is 30.5 Å². The van der Waals surface area contributed by atoms with Gasteiger partial charge in [-0.1, -0.05) is 23.7 Å². The van der Waals surface area contributed by atoms with Crippen LogP contribution < -0.4 is 16.0 Å². The molecule has 1 aromatic carbocycles. The highest BCUT2D eigenvalue weighted by molar-refractivity contribution is 6.30. The number of halogens is 1. The Balaban J connectivity index is 1.54. The predicted octanol–water partition coefficient (Wildman–Crippen LogP) is 1.96. The van der Waals surface area contributed by atoms with Crippen LogP contribution >= 0.6 is 11.6 Å². The van der Waals surface area contributed by atoms with E-state index in [4.69, 9.17) is 11.6 Å². The molecule has 3 N–H and O–H groups in total. The second-order valence-electron chi connectivity index (χ2n) is 6.23. The number of benzene rings is 1. The summed E-state index contributed by atoms with van der Waals surface area (Å²) in [7, 11) is 0. The van der Waals surface area contributed by atoms with Crippen LogP contribution in [0, 0.1) is 0 Å². The van der Waals surface area contributed by atoms with Crippen molar-refractivity contribution in [2.75, 3.05) is 18.4 Å². The van der Waals surface area contributed by atoms with E-state index in [0.717, 1.165) is 17.7 Å². The maximum absolute atomic E-state index is 12.1. The lowest BCUT2D eigenvalue weighted by Crippen LogP contribution is -2.51. The molecule has 1 unspecified atom stereocenters. The summed E-state index contributed by atoms with van der Waals surface area (Å²) in [5.41, 5.74) is 3.18. The number of imide groups is 1. The van der Waals surface area contributed by atoms with Crippen molar-refractivity contribution in [3.05, 3.63) is 59.0 Å². The van der Waals surface area contributed by atoms with Crippen LogP contribution in [-0.2, 0) is 11.2 Å². The number of fused-ring (bicyclic) bond motifs is 1. The van der Waals surface area contributed by atoms with Gasteiger partial charge in [0.15, 0.2) is 5.65 Å². The Morgan fingerprint density at radius 2 is 2.07 bits per heavy atom. The summed E-state index contributed by atoms with van der Waals surface area (Å²) < 4.78 is 1.63. The fraction of sp³-hybridized carbons (Fsp3) is 0.222. The van der Waals surface area contributed by atoms with Crippen LogP contribution in [0.2, 0.25) is 5.02 Å². The van der Waals surface area contributed by atoms with Gasteiger partial charge in [-0.3, -0.25) is 10.1 Å². The zero-order chi connectivity index (χ0) is 18.8. The summed E-state index contributed by atoms with van der Waals surface area (Å²) in [6, 6.07) is 9.03. The molecule has 1 saturated heterocycles. The first-order chi connectivity index (χ1) is 13.1. The minimum absolute atomic E-state index is 0.210. The Kier molecular flexibility index (Phi) is 4.64. The third kappa shape index (κ3) is 3.70. The number of hydrogen-bond acceptors (Lipinski definition) is 5. The zero-order valence-electron chi connectivity index (χ0n) is 14.3. The number of amides is 3. The number of aromatic nitrogens is 3. The molecule has 3 aromatic rings. The normalized spacial score (nSPS) is 16.9. The lowest BCUT2D eigenvalue weighted by molar-refractivity contribution is -0.122. The Bertz CT molecular complexity index is 1000. The molecule has 0 radical (unpaired) electrons. The van der Waals surface area contributed by atoms with Crippen molar-refractivity contribution in [2.45, 2.75) is 12.3 Å². The number of hydrogen-bond donors (Lipinski definition) is 3. The molecule has 8 nitrogen and oxygen atoms in total. The van der Waals surface area contributed by atoms with E-state index in [2.05, 4.69) is 26.0 Å². The van der Waals surface area contributed by atoms with Crippen molar-refractivity contribution in [1.82, 2.24) is 25.2 Å². The average molecular weight is 385 g/mol. The minimum atomic E-state index is -0.550. The molecule has 0 aliphatic carbocycles. The second-order valence-corrected chi connectivity index (χ2v) is 6.67. The fourth-order valence-corrected chi connectivity index (χ4v) is 3.12. The number of carbonyl (C=O) groups excluding carboxylic acids is 2. The van der Waals surface area contributed by atoms with Crippen molar-refractivity contribution in [1.29, 1.82) is 0 Å². The third-order valence-electron chi connectivity index (χ3n) is 4.40. The van der Waals surface area contributed by atoms with Crippen LogP contribution in [0.25, 0.3) is 5.65 Å². The molecule has 0 spiro atoms. The standard InChI is InChI=1S/C18H17ClN6O2/c19-12-3-1-11(2-4-12)5-6-20-15-9-14(24-25-8-7-21-16(15)25)13-10-22-18(27)23-17(13)26/h1-4,7-9,13,20H,5-6,10H2,(H2,22,23,26,27). The van der Waals surface area contributed by atoms with Crippen molar-refractivity contribution < 1.29 is 9.59 Å². The topological polar surface area (TPSA) is 100 Å². The van der Waals surface area contributed by atoms with E-state index in [9.17, 15) is 9.59 Å². The van der Waals surface area contributed by atoms with E-state index in [1.54, 1.807) is 16.9 Å². The lowest BCUT2D eigenvalue weighted by atomic mass is 10.0. The van der Waals surface area contributed by atoms with Gasteiger partial charge < -0.3 is 10.6 Å². The van der Waals surface area contributed by atoms with Gasteiger partial charge in [0.05, 0.1) is 17.3 Å². The van der Waals surface area contributed by atoms with Gasteiger partial charge in [-0.05, 0) is 30.2 Å². The summed E-state index contributed by atoms with van der Waals surface area (Å²) in [5, 5.41) is 13.4. The number of anilines is 1. The highest BCUT2D eigenvalue weighted by atomic mass is 35.5. The second kappa shape index (κ2) is 7.24. The molecule has 3 amide bonds. The van der Waals surface area contributed by atoms with E-state index < -0.39 is 11.9 Å². The van der Waals surface area contributed by atoms with Crippen LogP contribution in [0.3, 0.4) is 0 Å². The maximum atomic E-state index is 12.1. The summed E-state index contributed by atoms with van der Waals surface area (Å²) in [5.74, 6) is -0.913. The predicted molar refractivity (Wildman–Crippen MR) is 101 cm³/mol. The lowest BCUT2D eigenvalue weighted by Gasteiger charge is -2.22. The van der Waals surface area contributed by atoms with Gasteiger partial charge in [-0.15, -0.1) is 0 Å². The van der Waals surface area contributed by atoms with Crippen molar-refractivity contribution in [3.63, 3.8) is 0 Å². The molecule has 138 valence electrons. The molecule has 0 saturated carbocycles. The molecule has 1 aliphatic rings. The first kappa shape index (κ1) is 17.3. The van der Waals surface area contributed by atoms with Gasteiger partial charge in [0.25, 0.3) is 0 Å². The number of carbonyl (C=O) groups is 2. The number of nitrogens with one attached hydrogen (secondary N) is 3. The van der Waals surface area contributed by atoms with Crippen LogP contribution in [0.5, 0.6) is 0 Å². The number of rotatable bonds is 5. The Labute approximate surface area is 159 Å². The first-order valence-corrected chi connectivity index (χ1v) is 8.89. The molecule has 9 heteroatoms. The van der Waals surface area contributed by atoms with E-state index in [1.165, 1.54) is 0 Å². The van der Waals surface area contributed by atoms with Gasteiger partial charge >= 0.3 is 6.03 Å². The summed E-state index contributed by atoms with van der Waals surface area (Å²) in [6.07, 6.45) is 4.18. The molecule has 3 heterocycles. The van der Waals surface area contributed by atoms with E-state index in [0.29, 0.717) is 22.9 Å². The number of nitrogens with zero attached hydrogens (tertiary/aromatic N) is 3. The van der Waals surface area contributed by atoms with E-state index in [1.807, 2.05) is 30.3 Å². The third-order valence-corrected chi connectivity index (χ3v) is 4.65. The van der Waals surface area contributed by atoms with Gasteiger partial charge in [-0.2, -0.15) is 5.10 Å². The van der Waals surface area contributed by atoms with Gasteiger partial charge in [-0.25, -0.2) is 14.3 Å². The monoisotopic (exact) mass is 384 g/mol. The molecule has 2 aromatic heterocycles. The van der Waals surface area contributed by atoms with Crippen LogP contribution in [-0.4, -0.2) is 39.6 Å². The summed E-state index contributed by atoms with van der Waals surface area (Å²) >= 11 is 5.91. The van der Waals surface area contributed by atoms with Gasteiger partial charge in [0.2, 0.25) is 5.91 Å². The highest BCUT2D eigenvalue weighted by Crippen LogP contribution is 2.22. The SMILES string of the molecule is O=C1NCC(c2cc(NCCc3ccc(Cl)cc3)c3nccn3n2)C(=O)N1.